The van der Waals surface area contributed by atoms with Crippen LogP contribution in [-0.4, -0.2) is 48.9 Å². The number of hydrogen-bond donors (Lipinski definition) is 1. The van der Waals surface area contributed by atoms with Gasteiger partial charge in [-0.2, -0.15) is 0 Å². The standard InChI is InChI=1S/C20H35N5OSi/c1-24(17-7-5-16(13-21)6-8-17)19-18-9-10-25(20(18)23-14-22-19)15-26-11-12-27(2,3)4/h9-10,14,16-17H,5-8,11-13,15,21H2,1-4H3. The maximum Gasteiger partial charge on any atom is 0.147 e. The molecule has 2 aromatic heterocycles. The molecule has 0 amide bonds. The van der Waals surface area contributed by atoms with Crippen molar-refractivity contribution < 1.29 is 4.74 Å². The molecule has 0 aliphatic heterocycles. The summed E-state index contributed by atoms with van der Waals surface area (Å²) in [5.41, 5.74) is 6.79. The second-order valence-corrected chi connectivity index (χ2v) is 14.7. The van der Waals surface area contributed by atoms with Crippen molar-refractivity contribution in [2.45, 2.75) is 64.1 Å². The number of aromatic nitrogens is 3. The number of fused-ring (bicyclic) bond motifs is 1. The molecule has 2 aromatic rings. The molecule has 2 N–H and O–H groups in total. The molecule has 0 radical (unpaired) electrons. The van der Waals surface area contributed by atoms with Crippen LogP contribution in [0, 0.1) is 5.92 Å². The Labute approximate surface area is 164 Å². The van der Waals surface area contributed by atoms with Gasteiger partial charge in [0.25, 0.3) is 0 Å². The monoisotopic (exact) mass is 389 g/mol. The van der Waals surface area contributed by atoms with Gasteiger partial charge in [-0.15, -0.1) is 0 Å². The van der Waals surface area contributed by atoms with E-state index in [4.69, 9.17) is 10.5 Å². The first-order valence-electron chi connectivity index (χ1n) is 10.2. The molecular weight excluding hydrogens is 354 g/mol. The third-order valence-electron chi connectivity index (χ3n) is 5.79. The number of nitrogens with two attached hydrogens (primary N) is 1. The van der Waals surface area contributed by atoms with E-state index in [2.05, 4.69) is 58.4 Å². The molecule has 27 heavy (non-hydrogen) atoms. The van der Waals surface area contributed by atoms with Crippen molar-refractivity contribution in [1.82, 2.24) is 14.5 Å². The maximum absolute atomic E-state index is 5.91. The van der Waals surface area contributed by atoms with Crippen molar-refractivity contribution in [2.75, 3.05) is 25.1 Å². The first kappa shape index (κ1) is 20.3. The molecule has 6 nitrogen and oxygen atoms in total. The minimum atomic E-state index is -1.06. The third-order valence-corrected chi connectivity index (χ3v) is 7.50. The highest BCUT2D eigenvalue weighted by molar-refractivity contribution is 6.76. The lowest BCUT2D eigenvalue weighted by molar-refractivity contribution is 0.0899. The minimum Gasteiger partial charge on any atom is -0.361 e. The van der Waals surface area contributed by atoms with Gasteiger partial charge in [0.15, 0.2) is 0 Å². The zero-order chi connectivity index (χ0) is 19.4. The van der Waals surface area contributed by atoms with Crippen molar-refractivity contribution in [3.63, 3.8) is 0 Å². The van der Waals surface area contributed by atoms with Gasteiger partial charge < -0.3 is 19.9 Å². The summed E-state index contributed by atoms with van der Waals surface area (Å²) in [6.45, 7) is 9.30. The van der Waals surface area contributed by atoms with E-state index < -0.39 is 8.07 Å². The van der Waals surface area contributed by atoms with Gasteiger partial charge in [-0.05, 0) is 50.3 Å². The minimum absolute atomic E-state index is 0.530. The molecule has 1 fully saturated rings. The third kappa shape index (κ3) is 5.09. The van der Waals surface area contributed by atoms with Crippen LogP contribution < -0.4 is 10.6 Å². The van der Waals surface area contributed by atoms with Crippen molar-refractivity contribution in [3.05, 3.63) is 18.6 Å². The van der Waals surface area contributed by atoms with Crippen LogP contribution in [0.3, 0.4) is 0 Å². The summed E-state index contributed by atoms with van der Waals surface area (Å²) >= 11 is 0. The Morgan fingerprint density at radius 3 is 2.63 bits per heavy atom. The van der Waals surface area contributed by atoms with Crippen molar-refractivity contribution in [2.24, 2.45) is 11.7 Å². The highest BCUT2D eigenvalue weighted by atomic mass is 28.3. The molecule has 0 spiro atoms. The summed E-state index contributed by atoms with van der Waals surface area (Å²) in [4.78, 5) is 11.5. The first-order valence-corrected chi connectivity index (χ1v) is 13.9. The van der Waals surface area contributed by atoms with Crippen LogP contribution in [0.1, 0.15) is 25.7 Å². The molecule has 150 valence electrons. The summed E-state index contributed by atoms with van der Waals surface area (Å²) in [5.74, 6) is 1.71. The van der Waals surface area contributed by atoms with Crippen LogP contribution >= 0.6 is 0 Å². The molecule has 0 saturated heterocycles. The molecule has 7 heteroatoms. The maximum atomic E-state index is 5.91. The Kier molecular flexibility index (Phi) is 6.55. The Hall–Kier alpha value is -1.44. The Bertz CT molecular complexity index is 734. The van der Waals surface area contributed by atoms with Crippen LogP contribution in [0.25, 0.3) is 11.0 Å². The van der Waals surface area contributed by atoms with Crippen molar-refractivity contribution in [1.29, 1.82) is 0 Å². The summed E-state index contributed by atoms with van der Waals surface area (Å²) < 4.78 is 8.00. The predicted octanol–water partition coefficient (Wildman–Crippen LogP) is 3.70. The molecule has 0 bridgehead atoms. The molecule has 1 saturated carbocycles. The average molecular weight is 390 g/mol. The average Bonchev–Trinajstić information content (AvgIpc) is 3.07. The summed E-state index contributed by atoms with van der Waals surface area (Å²) in [7, 11) is 1.11. The van der Waals surface area contributed by atoms with Gasteiger partial charge in [0.1, 0.15) is 24.5 Å². The van der Waals surface area contributed by atoms with E-state index in [0.29, 0.717) is 18.7 Å². The number of rotatable bonds is 8. The van der Waals surface area contributed by atoms with E-state index in [-0.39, 0.29) is 0 Å². The highest BCUT2D eigenvalue weighted by Gasteiger charge is 2.25. The van der Waals surface area contributed by atoms with Gasteiger partial charge in [0, 0.05) is 34.0 Å². The number of nitrogens with zero attached hydrogens (tertiary/aromatic N) is 4. The fourth-order valence-electron chi connectivity index (χ4n) is 3.86. The zero-order valence-corrected chi connectivity index (χ0v) is 18.3. The quantitative estimate of drug-likeness (QED) is 0.551. The molecule has 3 rings (SSSR count). The second kappa shape index (κ2) is 8.71. The predicted molar refractivity (Wildman–Crippen MR) is 115 cm³/mol. The fourth-order valence-corrected chi connectivity index (χ4v) is 4.61. The van der Waals surface area contributed by atoms with Gasteiger partial charge in [-0.3, -0.25) is 0 Å². The van der Waals surface area contributed by atoms with Gasteiger partial charge in [-0.25, -0.2) is 9.97 Å². The van der Waals surface area contributed by atoms with E-state index in [1.165, 1.54) is 31.7 Å². The molecule has 0 atom stereocenters. The second-order valence-electron chi connectivity index (χ2n) is 9.09. The molecular formula is C20H35N5OSi. The summed E-state index contributed by atoms with van der Waals surface area (Å²) in [5, 5.41) is 1.11. The Balaban J connectivity index is 1.68. The largest absolute Gasteiger partial charge is 0.361 e. The highest BCUT2D eigenvalue weighted by Crippen LogP contribution is 2.31. The Morgan fingerprint density at radius 2 is 1.96 bits per heavy atom. The summed E-state index contributed by atoms with van der Waals surface area (Å²) in [6, 6.07) is 3.83. The van der Waals surface area contributed by atoms with Crippen LogP contribution in [-0.2, 0) is 11.5 Å². The van der Waals surface area contributed by atoms with Crippen LogP contribution in [0.4, 0.5) is 5.82 Å². The van der Waals surface area contributed by atoms with E-state index in [0.717, 1.165) is 30.0 Å². The van der Waals surface area contributed by atoms with E-state index in [9.17, 15) is 0 Å². The lowest BCUT2D eigenvalue weighted by Gasteiger charge is -2.35. The van der Waals surface area contributed by atoms with Crippen LogP contribution in [0.5, 0.6) is 0 Å². The number of ether oxygens (including phenoxy) is 1. The van der Waals surface area contributed by atoms with Gasteiger partial charge in [0.05, 0.1) is 5.39 Å². The number of hydrogen-bond acceptors (Lipinski definition) is 5. The van der Waals surface area contributed by atoms with Gasteiger partial charge >= 0.3 is 0 Å². The van der Waals surface area contributed by atoms with E-state index >= 15 is 0 Å². The summed E-state index contributed by atoms with van der Waals surface area (Å²) in [6.07, 6.45) is 8.54. The normalized spacial score (nSPS) is 20.9. The van der Waals surface area contributed by atoms with E-state index in [1.54, 1.807) is 6.33 Å². The van der Waals surface area contributed by atoms with E-state index in [1.807, 2.05) is 0 Å². The first-order chi connectivity index (χ1) is 12.9. The van der Waals surface area contributed by atoms with Gasteiger partial charge in [0.2, 0.25) is 0 Å². The molecule has 0 unspecified atom stereocenters. The van der Waals surface area contributed by atoms with Crippen LogP contribution in [0.2, 0.25) is 25.7 Å². The van der Waals surface area contributed by atoms with Crippen LogP contribution in [0.15, 0.2) is 18.6 Å². The molecule has 1 aliphatic carbocycles. The van der Waals surface area contributed by atoms with Crippen molar-refractivity contribution in [3.8, 4) is 0 Å². The van der Waals surface area contributed by atoms with Gasteiger partial charge in [-0.1, -0.05) is 19.6 Å². The topological polar surface area (TPSA) is 69.2 Å². The molecule has 0 aromatic carbocycles. The molecule has 2 heterocycles. The fraction of sp³-hybridized carbons (Fsp3) is 0.700. The smallest absolute Gasteiger partial charge is 0.147 e. The number of anilines is 1. The zero-order valence-electron chi connectivity index (χ0n) is 17.3. The molecule has 1 aliphatic rings. The lowest BCUT2D eigenvalue weighted by Crippen LogP contribution is -2.37. The SMILES string of the molecule is CN(c1ncnc2c1ccn2COCC[Si](C)(C)C)C1CCC(CN)CC1. The lowest BCUT2D eigenvalue weighted by atomic mass is 9.85. The van der Waals surface area contributed by atoms with Crippen molar-refractivity contribution >= 4 is 24.9 Å². The Morgan fingerprint density at radius 1 is 1.22 bits per heavy atom.